The fourth-order valence-corrected chi connectivity index (χ4v) is 2.82. The van der Waals surface area contributed by atoms with Gasteiger partial charge in [-0.1, -0.05) is 30.8 Å². The van der Waals surface area contributed by atoms with Crippen LogP contribution in [-0.2, 0) is 6.54 Å². The Labute approximate surface area is 118 Å². The first kappa shape index (κ1) is 14.1. The van der Waals surface area contributed by atoms with Crippen LogP contribution >= 0.6 is 11.8 Å². The van der Waals surface area contributed by atoms with E-state index in [0.717, 1.165) is 22.9 Å². The summed E-state index contributed by atoms with van der Waals surface area (Å²) in [6, 6.07) is 13.1. The zero-order valence-corrected chi connectivity index (χ0v) is 12.1. The van der Waals surface area contributed by atoms with E-state index in [1.807, 2.05) is 6.07 Å². The van der Waals surface area contributed by atoms with Gasteiger partial charge in [0.2, 0.25) is 0 Å². The molecular formula is C16H18FNS. The van der Waals surface area contributed by atoms with Gasteiger partial charge in [0.15, 0.2) is 0 Å². The summed E-state index contributed by atoms with van der Waals surface area (Å²) in [4.78, 5) is 2.07. The number of benzene rings is 2. The molecular weight excluding hydrogens is 257 g/mol. The fourth-order valence-electron chi connectivity index (χ4n) is 1.86. The van der Waals surface area contributed by atoms with Gasteiger partial charge in [-0.05, 0) is 54.9 Å². The smallest absolute Gasteiger partial charge is 0.124 e. The van der Waals surface area contributed by atoms with Gasteiger partial charge in [-0.15, -0.1) is 0 Å². The summed E-state index contributed by atoms with van der Waals surface area (Å²) in [6.07, 6.45) is 0. The highest BCUT2D eigenvalue weighted by Gasteiger charge is 2.02. The van der Waals surface area contributed by atoms with Crippen molar-refractivity contribution in [3.05, 3.63) is 59.4 Å². The molecule has 1 nitrogen and oxygen atoms in total. The molecule has 0 heterocycles. The topological polar surface area (TPSA) is 12.0 Å². The van der Waals surface area contributed by atoms with Gasteiger partial charge in [-0.3, -0.25) is 0 Å². The van der Waals surface area contributed by atoms with Crippen molar-refractivity contribution in [1.82, 2.24) is 5.32 Å². The molecule has 2 aromatic rings. The molecule has 3 heteroatoms. The van der Waals surface area contributed by atoms with E-state index in [2.05, 4.69) is 37.4 Å². The molecule has 0 saturated heterocycles. The van der Waals surface area contributed by atoms with E-state index in [4.69, 9.17) is 0 Å². The highest BCUT2D eigenvalue weighted by molar-refractivity contribution is 7.99. The summed E-state index contributed by atoms with van der Waals surface area (Å²) in [5, 5.41) is 3.33. The van der Waals surface area contributed by atoms with Crippen molar-refractivity contribution in [2.45, 2.75) is 30.2 Å². The second-order valence-corrected chi connectivity index (χ2v) is 5.57. The van der Waals surface area contributed by atoms with Crippen molar-refractivity contribution in [2.75, 3.05) is 6.54 Å². The molecule has 0 saturated carbocycles. The van der Waals surface area contributed by atoms with E-state index in [9.17, 15) is 4.39 Å². The standard InChI is InChI=1S/C16H18FNS/c1-3-18-11-13-7-8-16(9-12(13)2)19-15-6-4-5-14(17)10-15/h4-10,18H,3,11H2,1-2H3. The Balaban J connectivity index is 2.11. The van der Waals surface area contributed by atoms with E-state index >= 15 is 0 Å². The lowest BCUT2D eigenvalue weighted by Crippen LogP contribution is -2.12. The predicted molar refractivity (Wildman–Crippen MR) is 79.1 cm³/mol. The molecule has 0 aliphatic carbocycles. The van der Waals surface area contributed by atoms with Crippen LogP contribution in [0.5, 0.6) is 0 Å². The Morgan fingerprint density at radius 3 is 2.58 bits per heavy atom. The fraction of sp³-hybridized carbons (Fsp3) is 0.250. The zero-order valence-electron chi connectivity index (χ0n) is 11.2. The number of hydrogen-bond donors (Lipinski definition) is 1. The van der Waals surface area contributed by atoms with Crippen LogP contribution in [0.2, 0.25) is 0 Å². The molecule has 19 heavy (non-hydrogen) atoms. The number of rotatable bonds is 5. The molecule has 0 fully saturated rings. The number of nitrogens with one attached hydrogen (secondary N) is 1. The van der Waals surface area contributed by atoms with Crippen LogP contribution in [0.25, 0.3) is 0 Å². The number of aryl methyl sites for hydroxylation is 1. The Morgan fingerprint density at radius 1 is 1.11 bits per heavy atom. The van der Waals surface area contributed by atoms with Crippen molar-refractivity contribution in [2.24, 2.45) is 0 Å². The first-order valence-electron chi connectivity index (χ1n) is 6.42. The van der Waals surface area contributed by atoms with Gasteiger partial charge in [0.05, 0.1) is 0 Å². The van der Waals surface area contributed by atoms with Gasteiger partial charge in [0.25, 0.3) is 0 Å². The van der Waals surface area contributed by atoms with Crippen molar-refractivity contribution in [3.8, 4) is 0 Å². The molecule has 2 aromatic carbocycles. The van der Waals surface area contributed by atoms with Crippen LogP contribution in [0.4, 0.5) is 4.39 Å². The zero-order chi connectivity index (χ0) is 13.7. The maximum absolute atomic E-state index is 13.1. The monoisotopic (exact) mass is 275 g/mol. The van der Waals surface area contributed by atoms with E-state index in [-0.39, 0.29) is 5.82 Å². The maximum Gasteiger partial charge on any atom is 0.124 e. The SMILES string of the molecule is CCNCc1ccc(Sc2cccc(F)c2)cc1C. The lowest BCUT2D eigenvalue weighted by Gasteiger charge is -2.09. The summed E-state index contributed by atoms with van der Waals surface area (Å²) in [5.74, 6) is -0.189. The molecule has 0 atom stereocenters. The first-order valence-corrected chi connectivity index (χ1v) is 7.24. The first-order chi connectivity index (χ1) is 9.19. The van der Waals surface area contributed by atoms with Gasteiger partial charge >= 0.3 is 0 Å². The van der Waals surface area contributed by atoms with Crippen LogP contribution in [-0.4, -0.2) is 6.54 Å². The average Bonchev–Trinajstić information content (AvgIpc) is 2.38. The molecule has 0 aliphatic rings. The lowest BCUT2D eigenvalue weighted by atomic mass is 10.1. The summed E-state index contributed by atoms with van der Waals surface area (Å²) >= 11 is 1.59. The second-order valence-electron chi connectivity index (χ2n) is 4.43. The van der Waals surface area contributed by atoms with Crippen molar-refractivity contribution in [3.63, 3.8) is 0 Å². The van der Waals surface area contributed by atoms with Gasteiger partial charge in [-0.2, -0.15) is 0 Å². The summed E-state index contributed by atoms with van der Waals surface area (Å²) in [6.45, 7) is 6.08. The van der Waals surface area contributed by atoms with Crippen LogP contribution in [0.15, 0.2) is 52.3 Å². The molecule has 1 N–H and O–H groups in total. The Morgan fingerprint density at radius 2 is 1.89 bits per heavy atom. The Bertz CT molecular complexity index is 554. The van der Waals surface area contributed by atoms with Crippen LogP contribution in [0, 0.1) is 12.7 Å². The number of hydrogen-bond acceptors (Lipinski definition) is 2. The molecule has 0 aromatic heterocycles. The largest absolute Gasteiger partial charge is 0.313 e. The Kier molecular flexibility index (Phi) is 5.00. The van der Waals surface area contributed by atoms with Crippen LogP contribution < -0.4 is 5.32 Å². The summed E-state index contributed by atoms with van der Waals surface area (Å²) < 4.78 is 13.1. The van der Waals surface area contributed by atoms with Crippen LogP contribution in [0.3, 0.4) is 0 Å². The molecule has 0 amide bonds. The molecule has 0 spiro atoms. The van der Waals surface area contributed by atoms with E-state index < -0.39 is 0 Å². The summed E-state index contributed by atoms with van der Waals surface area (Å²) in [7, 11) is 0. The maximum atomic E-state index is 13.1. The quantitative estimate of drug-likeness (QED) is 0.868. The third kappa shape index (κ3) is 4.08. The average molecular weight is 275 g/mol. The molecule has 100 valence electrons. The minimum absolute atomic E-state index is 0.189. The molecule has 0 bridgehead atoms. The summed E-state index contributed by atoms with van der Waals surface area (Å²) in [5.41, 5.74) is 2.58. The number of halogens is 1. The normalized spacial score (nSPS) is 10.7. The Hall–Kier alpha value is -1.32. The van der Waals surface area contributed by atoms with Gasteiger partial charge in [0, 0.05) is 16.3 Å². The highest BCUT2D eigenvalue weighted by atomic mass is 32.2. The molecule has 2 rings (SSSR count). The molecule has 0 unspecified atom stereocenters. The van der Waals surface area contributed by atoms with Crippen molar-refractivity contribution >= 4 is 11.8 Å². The van der Waals surface area contributed by atoms with E-state index in [1.165, 1.54) is 17.2 Å². The van der Waals surface area contributed by atoms with Gasteiger partial charge in [0.1, 0.15) is 5.82 Å². The van der Waals surface area contributed by atoms with Crippen LogP contribution in [0.1, 0.15) is 18.1 Å². The van der Waals surface area contributed by atoms with Gasteiger partial charge < -0.3 is 5.32 Å². The molecule has 0 aliphatic heterocycles. The minimum Gasteiger partial charge on any atom is -0.313 e. The molecule has 0 radical (unpaired) electrons. The van der Waals surface area contributed by atoms with E-state index in [0.29, 0.717) is 0 Å². The van der Waals surface area contributed by atoms with Crippen molar-refractivity contribution < 1.29 is 4.39 Å². The third-order valence-electron chi connectivity index (χ3n) is 2.91. The predicted octanol–water partition coefficient (Wildman–Crippen LogP) is 4.39. The van der Waals surface area contributed by atoms with Crippen molar-refractivity contribution in [1.29, 1.82) is 0 Å². The second kappa shape index (κ2) is 6.73. The third-order valence-corrected chi connectivity index (χ3v) is 3.89. The lowest BCUT2D eigenvalue weighted by molar-refractivity contribution is 0.624. The van der Waals surface area contributed by atoms with E-state index in [1.54, 1.807) is 23.9 Å². The highest BCUT2D eigenvalue weighted by Crippen LogP contribution is 2.29. The van der Waals surface area contributed by atoms with Gasteiger partial charge in [-0.25, -0.2) is 4.39 Å². The minimum atomic E-state index is -0.189.